The molecule has 0 bridgehead atoms. The molecular formula is C10H15N3O3. The number of ether oxygens (including phenoxy) is 1. The molecule has 1 aromatic heterocycles. The van der Waals surface area contributed by atoms with Crippen molar-refractivity contribution in [2.75, 3.05) is 11.9 Å². The Labute approximate surface area is 93.2 Å². The van der Waals surface area contributed by atoms with Gasteiger partial charge in [-0.25, -0.2) is 4.79 Å². The Hall–Kier alpha value is -1.56. The van der Waals surface area contributed by atoms with Crippen molar-refractivity contribution in [2.45, 2.75) is 25.0 Å². The van der Waals surface area contributed by atoms with Crippen molar-refractivity contribution in [3.05, 3.63) is 12.4 Å². The Morgan fingerprint density at radius 3 is 3.12 bits per heavy atom. The number of anilines is 1. The maximum atomic E-state index is 10.7. The largest absolute Gasteiger partial charge is 0.479 e. The number of hydrogen-bond donors (Lipinski definition) is 2. The Morgan fingerprint density at radius 2 is 2.56 bits per heavy atom. The number of aryl methyl sites for hydroxylation is 1. The summed E-state index contributed by atoms with van der Waals surface area (Å²) in [7, 11) is 1.84. The van der Waals surface area contributed by atoms with Crippen LogP contribution in [-0.4, -0.2) is 39.6 Å². The molecule has 0 spiro atoms. The zero-order chi connectivity index (χ0) is 11.5. The van der Waals surface area contributed by atoms with Gasteiger partial charge in [0.05, 0.1) is 18.0 Å². The Bertz CT molecular complexity index is 377. The number of aliphatic carboxylic acids is 1. The second kappa shape index (κ2) is 4.52. The molecule has 88 valence electrons. The lowest BCUT2D eigenvalue weighted by atomic mass is 10.2. The molecule has 6 nitrogen and oxygen atoms in total. The van der Waals surface area contributed by atoms with Gasteiger partial charge in [0.25, 0.3) is 0 Å². The number of carbonyl (C=O) groups is 1. The molecule has 0 amide bonds. The van der Waals surface area contributed by atoms with Crippen LogP contribution in [0, 0.1) is 0 Å². The molecule has 2 unspecified atom stereocenters. The van der Waals surface area contributed by atoms with Gasteiger partial charge in [-0.1, -0.05) is 0 Å². The Balaban J connectivity index is 1.77. The molecule has 2 N–H and O–H groups in total. The molecule has 1 aliphatic heterocycles. The highest BCUT2D eigenvalue weighted by Crippen LogP contribution is 2.20. The topological polar surface area (TPSA) is 76.4 Å². The average molecular weight is 225 g/mol. The van der Waals surface area contributed by atoms with E-state index in [4.69, 9.17) is 9.84 Å². The van der Waals surface area contributed by atoms with Gasteiger partial charge in [-0.2, -0.15) is 5.10 Å². The van der Waals surface area contributed by atoms with Gasteiger partial charge in [-0.15, -0.1) is 0 Å². The second-order valence-electron chi connectivity index (χ2n) is 3.95. The smallest absolute Gasteiger partial charge is 0.332 e. The van der Waals surface area contributed by atoms with Crippen LogP contribution < -0.4 is 5.32 Å². The molecule has 2 rings (SSSR count). The van der Waals surface area contributed by atoms with Crippen LogP contribution in [0.25, 0.3) is 0 Å². The molecule has 6 heteroatoms. The van der Waals surface area contributed by atoms with Crippen molar-refractivity contribution in [3.8, 4) is 0 Å². The molecule has 0 aliphatic carbocycles. The van der Waals surface area contributed by atoms with Crippen molar-refractivity contribution in [3.63, 3.8) is 0 Å². The molecule has 2 atom stereocenters. The Kier molecular flexibility index (Phi) is 3.09. The molecule has 0 saturated carbocycles. The van der Waals surface area contributed by atoms with Gasteiger partial charge < -0.3 is 15.2 Å². The number of rotatable bonds is 4. The summed E-state index contributed by atoms with van der Waals surface area (Å²) < 4.78 is 7.07. The van der Waals surface area contributed by atoms with E-state index in [9.17, 15) is 4.79 Å². The van der Waals surface area contributed by atoms with Gasteiger partial charge in [-0.3, -0.25) is 4.68 Å². The minimum absolute atomic E-state index is 0.0266. The molecule has 16 heavy (non-hydrogen) atoms. The van der Waals surface area contributed by atoms with Crippen molar-refractivity contribution in [2.24, 2.45) is 7.05 Å². The lowest BCUT2D eigenvalue weighted by Crippen LogP contribution is -2.24. The van der Waals surface area contributed by atoms with Crippen LogP contribution in [0.2, 0.25) is 0 Å². The lowest BCUT2D eigenvalue weighted by Gasteiger charge is -2.11. The zero-order valence-corrected chi connectivity index (χ0v) is 9.09. The van der Waals surface area contributed by atoms with Gasteiger partial charge in [0.15, 0.2) is 6.10 Å². The summed E-state index contributed by atoms with van der Waals surface area (Å²) in [6.45, 7) is 0.621. The van der Waals surface area contributed by atoms with E-state index < -0.39 is 12.1 Å². The summed E-state index contributed by atoms with van der Waals surface area (Å²) in [5.74, 6) is -0.871. The molecule has 1 aliphatic rings. The van der Waals surface area contributed by atoms with Crippen molar-refractivity contribution >= 4 is 11.7 Å². The molecule has 1 aromatic rings. The molecular weight excluding hydrogens is 210 g/mol. The van der Waals surface area contributed by atoms with Crippen LogP contribution in [0.3, 0.4) is 0 Å². The van der Waals surface area contributed by atoms with Gasteiger partial charge in [0.1, 0.15) is 0 Å². The van der Waals surface area contributed by atoms with Crippen LogP contribution in [0.15, 0.2) is 12.4 Å². The fraction of sp³-hybridized carbons (Fsp3) is 0.600. The standard InChI is InChI=1S/C10H15N3O3/c1-13-6-7(4-12-13)11-5-8-2-3-9(16-8)10(14)15/h4,6,8-9,11H,2-3,5H2,1H3,(H,14,15). The lowest BCUT2D eigenvalue weighted by molar-refractivity contribution is -0.149. The molecule has 2 heterocycles. The number of carboxylic acid groups (broad SMARTS) is 1. The van der Waals surface area contributed by atoms with Gasteiger partial charge in [0, 0.05) is 19.8 Å². The summed E-state index contributed by atoms with van der Waals surface area (Å²) in [6.07, 6.45) is 4.30. The summed E-state index contributed by atoms with van der Waals surface area (Å²) in [5, 5.41) is 16.0. The summed E-state index contributed by atoms with van der Waals surface area (Å²) in [5.41, 5.74) is 0.921. The fourth-order valence-electron chi connectivity index (χ4n) is 1.78. The molecule has 1 fully saturated rings. The van der Waals surface area contributed by atoms with Gasteiger partial charge >= 0.3 is 5.97 Å². The van der Waals surface area contributed by atoms with E-state index in [2.05, 4.69) is 10.4 Å². The second-order valence-corrected chi connectivity index (χ2v) is 3.95. The van der Waals surface area contributed by atoms with Gasteiger partial charge in [0.2, 0.25) is 0 Å². The highest BCUT2D eigenvalue weighted by Gasteiger charge is 2.30. The van der Waals surface area contributed by atoms with Crippen LogP contribution in [0.5, 0.6) is 0 Å². The minimum atomic E-state index is -0.871. The first-order valence-electron chi connectivity index (χ1n) is 5.26. The SMILES string of the molecule is Cn1cc(NCC2CCC(C(=O)O)O2)cn1. The van der Waals surface area contributed by atoms with Crippen LogP contribution in [0.1, 0.15) is 12.8 Å². The van der Waals surface area contributed by atoms with E-state index in [-0.39, 0.29) is 6.10 Å². The van der Waals surface area contributed by atoms with Crippen LogP contribution in [0.4, 0.5) is 5.69 Å². The monoisotopic (exact) mass is 225 g/mol. The minimum Gasteiger partial charge on any atom is -0.479 e. The first kappa shape index (κ1) is 10.9. The number of aromatic nitrogens is 2. The quantitative estimate of drug-likeness (QED) is 0.778. The number of nitrogens with zero attached hydrogens (tertiary/aromatic N) is 2. The van der Waals surface area contributed by atoms with E-state index >= 15 is 0 Å². The van der Waals surface area contributed by atoms with E-state index in [0.29, 0.717) is 13.0 Å². The van der Waals surface area contributed by atoms with Crippen molar-refractivity contribution < 1.29 is 14.6 Å². The van der Waals surface area contributed by atoms with Crippen molar-refractivity contribution in [1.82, 2.24) is 9.78 Å². The summed E-state index contributed by atoms with van der Waals surface area (Å²) in [4.78, 5) is 10.7. The first-order valence-corrected chi connectivity index (χ1v) is 5.26. The predicted octanol–water partition coefficient (Wildman–Crippen LogP) is 0.464. The van der Waals surface area contributed by atoms with E-state index in [1.165, 1.54) is 0 Å². The maximum absolute atomic E-state index is 10.7. The third-order valence-electron chi connectivity index (χ3n) is 2.62. The Morgan fingerprint density at radius 1 is 1.75 bits per heavy atom. The normalized spacial score (nSPS) is 24.6. The predicted molar refractivity (Wildman–Crippen MR) is 57.2 cm³/mol. The third kappa shape index (κ3) is 2.52. The highest BCUT2D eigenvalue weighted by atomic mass is 16.5. The molecule has 0 aromatic carbocycles. The number of hydrogen-bond acceptors (Lipinski definition) is 4. The van der Waals surface area contributed by atoms with E-state index in [1.54, 1.807) is 10.9 Å². The molecule has 0 radical (unpaired) electrons. The summed E-state index contributed by atoms with van der Waals surface area (Å²) in [6, 6.07) is 0. The van der Waals surface area contributed by atoms with E-state index in [0.717, 1.165) is 12.1 Å². The van der Waals surface area contributed by atoms with Crippen LogP contribution >= 0.6 is 0 Å². The number of carboxylic acids is 1. The summed E-state index contributed by atoms with van der Waals surface area (Å²) >= 11 is 0. The van der Waals surface area contributed by atoms with Crippen molar-refractivity contribution in [1.29, 1.82) is 0 Å². The zero-order valence-electron chi connectivity index (χ0n) is 9.09. The fourth-order valence-corrected chi connectivity index (χ4v) is 1.78. The van der Waals surface area contributed by atoms with Gasteiger partial charge in [-0.05, 0) is 12.8 Å². The maximum Gasteiger partial charge on any atom is 0.332 e. The first-order chi connectivity index (χ1) is 7.65. The average Bonchev–Trinajstić information content (AvgIpc) is 2.83. The highest BCUT2D eigenvalue weighted by molar-refractivity contribution is 5.72. The number of nitrogens with one attached hydrogen (secondary N) is 1. The van der Waals surface area contributed by atoms with Crippen LogP contribution in [-0.2, 0) is 16.6 Å². The van der Waals surface area contributed by atoms with E-state index in [1.807, 2.05) is 13.2 Å². The third-order valence-corrected chi connectivity index (χ3v) is 2.62. The molecule has 1 saturated heterocycles.